The van der Waals surface area contributed by atoms with Gasteiger partial charge in [-0.1, -0.05) is 30.7 Å². The fourth-order valence-corrected chi connectivity index (χ4v) is 3.22. The van der Waals surface area contributed by atoms with Gasteiger partial charge in [-0.05, 0) is 44.4 Å². The highest BCUT2D eigenvalue weighted by molar-refractivity contribution is 5.33. The van der Waals surface area contributed by atoms with E-state index in [1.54, 1.807) is 0 Å². The van der Waals surface area contributed by atoms with Crippen LogP contribution in [0.25, 0.3) is 0 Å². The molecule has 21 heavy (non-hydrogen) atoms. The van der Waals surface area contributed by atoms with E-state index in [0.717, 1.165) is 32.6 Å². The predicted octanol–water partition coefficient (Wildman–Crippen LogP) is 3.06. The Morgan fingerprint density at radius 2 is 2.19 bits per heavy atom. The smallest absolute Gasteiger partial charge is 0.0710 e. The summed E-state index contributed by atoms with van der Waals surface area (Å²) in [6, 6.07) is 7.23. The monoisotopic (exact) mass is 290 g/mol. The van der Waals surface area contributed by atoms with Gasteiger partial charge >= 0.3 is 0 Å². The summed E-state index contributed by atoms with van der Waals surface area (Å²) in [7, 11) is 1.82. The largest absolute Gasteiger partial charge is 0.380 e. The Kier molecular flexibility index (Phi) is 6.22. The lowest BCUT2D eigenvalue weighted by atomic mass is 9.98. The maximum atomic E-state index is 5.49. The predicted molar refractivity (Wildman–Crippen MR) is 88.8 cm³/mol. The zero-order chi connectivity index (χ0) is 15.2. The Hall–Kier alpha value is -0.900. The number of hydrogen-bond acceptors (Lipinski definition) is 3. The fraction of sp³-hybridized carbons (Fsp3) is 0.667. The molecular formula is C18H30N2O. The van der Waals surface area contributed by atoms with Crippen LogP contribution in [0.4, 0.5) is 0 Å². The number of aryl methyl sites for hydroxylation is 2. The lowest BCUT2D eigenvalue weighted by molar-refractivity contribution is 0.106. The summed E-state index contributed by atoms with van der Waals surface area (Å²) in [4.78, 5) is 2.53. The lowest BCUT2D eigenvalue weighted by Crippen LogP contribution is -2.35. The first kappa shape index (κ1) is 16.5. The highest BCUT2D eigenvalue weighted by atomic mass is 16.5. The number of ether oxygens (including phenoxy) is 1. The van der Waals surface area contributed by atoms with Crippen molar-refractivity contribution in [1.29, 1.82) is 0 Å². The van der Waals surface area contributed by atoms with E-state index in [0.29, 0.717) is 12.1 Å². The van der Waals surface area contributed by atoms with Crippen LogP contribution < -0.4 is 5.32 Å². The van der Waals surface area contributed by atoms with Crippen LogP contribution in [0, 0.1) is 13.8 Å². The Morgan fingerprint density at radius 1 is 1.38 bits per heavy atom. The van der Waals surface area contributed by atoms with Crippen LogP contribution in [-0.2, 0) is 4.74 Å². The summed E-state index contributed by atoms with van der Waals surface area (Å²) in [5.41, 5.74) is 4.17. The minimum absolute atomic E-state index is 0.413. The fourth-order valence-electron chi connectivity index (χ4n) is 3.22. The minimum Gasteiger partial charge on any atom is -0.380 e. The van der Waals surface area contributed by atoms with Crippen molar-refractivity contribution in [3.8, 4) is 0 Å². The molecule has 0 bridgehead atoms. The molecule has 0 amide bonds. The second-order valence-corrected chi connectivity index (χ2v) is 6.27. The standard InChI is InChI=1S/C18H30N2O/c1-5-9-19-18(13-20-10-8-16(12-20)21-4)17-7-6-14(2)11-15(17)3/h6-7,11,16,18-19H,5,8-10,12-13H2,1-4H3. The molecule has 1 N–H and O–H groups in total. The number of rotatable bonds is 7. The molecule has 118 valence electrons. The summed E-state index contributed by atoms with van der Waals surface area (Å²) >= 11 is 0. The molecule has 2 rings (SSSR count). The van der Waals surface area contributed by atoms with Gasteiger partial charge in [-0.15, -0.1) is 0 Å². The molecule has 1 aliphatic heterocycles. The molecule has 0 saturated carbocycles. The summed E-state index contributed by atoms with van der Waals surface area (Å²) in [6.07, 6.45) is 2.74. The van der Waals surface area contributed by atoms with E-state index in [-0.39, 0.29) is 0 Å². The van der Waals surface area contributed by atoms with Crippen molar-refractivity contribution >= 4 is 0 Å². The van der Waals surface area contributed by atoms with E-state index >= 15 is 0 Å². The molecule has 1 aliphatic rings. The molecule has 1 fully saturated rings. The highest BCUT2D eigenvalue weighted by Gasteiger charge is 2.25. The van der Waals surface area contributed by atoms with Crippen LogP contribution in [0.1, 0.15) is 42.5 Å². The van der Waals surface area contributed by atoms with E-state index in [2.05, 4.69) is 49.2 Å². The molecule has 0 spiro atoms. The van der Waals surface area contributed by atoms with E-state index in [1.807, 2.05) is 7.11 Å². The van der Waals surface area contributed by atoms with E-state index in [1.165, 1.54) is 23.1 Å². The van der Waals surface area contributed by atoms with Gasteiger partial charge in [0.2, 0.25) is 0 Å². The average Bonchev–Trinajstić information content (AvgIpc) is 2.91. The number of nitrogens with zero attached hydrogens (tertiary/aromatic N) is 1. The Labute approximate surface area is 129 Å². The van der Waals surface area contributed by atoms with Gasteiger partial charge in [-0.25, -0.2) is 0 Å². The van der Waals surface area contributed by atoms with Crippen LogP contribution in [0.15, 0.2) is 18.2 Å². The zero-order valence-electron chi connectivity index (χ0n) is 14.0. The molecule has 3 heteroatoms. The zero-order valence-corrected chi connectivity index (χ0v) is 14.0. The van der Waals surface area contributed by atoms with Crippen molar-refractivity contribution in [1.82, 2.24) is 10.2 Å². The van der Waals surface area contributed by atoms with Crippen LogP contribution in [0.3, 0.4) is 0 Å². The van der Waals surface area contributed by atoms with Crippen molar-refractivity contribution in [2.45, 2.75) is 45.8 Å². The van der Waals surface area contributed by atoms with Crippen LogP contribution in [0.2, 0.25) is 0 Å². The third-order valence-electron chi connectivity index (χ3n) is 4.44. The van der Waals surface area contributed by atoms with Crippen LogP contribution in [0.5, 0.6) is 0 Å². The second kappa shape index (κ2) is 7.92. The van der Waals surface area contributed by atoms with Gasteiger partial charge in [-0.2, -0.15) is 0 Å². The van der Waals surface area contributed by atoms with Crippen molar-refractivity contribution < 1.29 is 4.74 Å². The molecule has 1 heterocycles. The first-order valence-corrected chi connectivity index (χ1v) is 8.19. The minimum atomic E-state index is 0.413. The van der Waals surface area contributed by atoms with E-state index < -0.39 is 0 Å². The SMILES string of the molecule is CCCNC(CN1CCC(OC)C1)c1ccc(C)cc1C. The van der Waals surface area contributed by atoms with Crippen molar-refractivity contribution in [2.24, 2.45) is 0 Å². The van der Waals surface area contributed by atoms with Gasteiger partial charge in [0.15, 0.2) is 0 Å². The summed E-state index contributed by atoms with van der Waals surface area (Å²) in [5, 5.41) is 3.72. The molecule has 1 aromatic rings. The molecule has 2 atom stereocenters. The maximum absolute atomic E-state index is 5.49. The van der Waals surface area contributed by atoms with Crippen LogP contribution in [-0.4, -0.2) is 44.3 Å². The number of nitrogens with one attached hydrogen (secondary N) is 1. The first-order valence-electron chi connectivity index (χ1n) is 8.19. The number of methoxy groups -OCH3 is 1. The van der Waals surface area contributed by atoms with Crippen molar-refractivity contribution in [3.63, 3.8) is 0 Å². The number of likely N-dealkylation sites (tertiary alicyclic amines) is 1. The van der Waals surface area contributed by atoms with Gasteiger partial charge < -0.3 is 10.1 Å². The number of benzene rings is 1. The Morgan fingerprint density at radius 3 is 2.81 bits per heavy atom. The number of hydrogen-bond donors (Lipinski definition) is 1. The quantitative estimate of drug-likeness (QED) is 0.835. The summed E-state index contributed by atoms with van der Waals surface area (Å²) in [5.74, 6) is 0. The van der Waals surface area contributed by atoms with Crippen molar-refractivity contribution in [2.75, 3.05) is 33.3 Å². The average molecular weight is 290 g/mol. The molecule has 0 aromatic heterocycles. The Balaban J connectivity index is 2.07. The summed E-state index contributed by atoms with van der Waals surface area (Å²) in [6.45, 7) is 11.0. The first-order chi connectivity index (χ1) is 10.1. The van der Waals surface area contributed by atoms with Gasteiger partial charge in [0.05, 0.1) is 6.10 Å². The van der Waals surface area contributed by atoms with Gasteiger partial charge in [0, 0.05) is 32.8 Å². The van der Waals surface area contributed by atoms with Crippen molar-refractivity contribution in [3.05, 3.63) is 34.9 Å². The van der Waals surface area contributed by atoms with E-state index in [9.17, 15) is 0 Å². The molecule has 1 saturated heterocycles. The van der Waals surface area contributed by atoms with Gasteiger partial charge in [0.25, 0.3) is 0 Å². The molecule has 1 aromatic carbocycles. The van der Waals surface area contributed by atoms with Crippen LogP contribution >= 0.6 is 0 Å². The topological polar surface area (TPSA) is 24.5 Å². The molecule has 0 aliphatic carbocycles. The van der Waals surface area contributed by atoms with E-state index in [4.69, 9.17) is 4.74 Å². The normalized spacial score (nSPS) is 20.9. The lowest BCUT2D eigenvalue weighted by Gasteiger charge is -2.26. The highest BCUT2D eigenvalue weighted by Crippen LogP contribution is 2.22. The maximum Gasteiger partial charge on any atom is 0.0710 e. The second-order valence-electron chi connectivity index (χ2n) is 6.27. The Bertz CT molecular complexity index is 447. The third-order valence-corrected chi connectivity index (χ3v) is 4.44. The van der Waals surface area contributed by atoms with Gasteiger partial charge in [-0.3, -0.25) is 4.90 Å². The molecule has 2 unspecified atom stereocenters. The molecular weight excluding hydrogens is 260 g/mol. The van der Waals surface area contributed by atoms with Gasteiger partial charge in [0.1, 0.15) is 0 Å². The molecule has 0 radical (unpaired) electrons. The summed E-state index contributed by atoms with van der Waals surface area (Å²) < 4.78 is 5.49. The third kappa shape index (κ3) is 4.53. The molecule has 3 nitrogen and oxygen atoms in total.